The molecule has 1 aliphatic heterocycles. The van der Waals surface area contributed by atoms with Crippen molar-refractivity contribution in [2.75, 3.05) is 20.2 Å². The van der Waals surface area contributed by atoms with Gasteiger partial charge in [0.15, 0.2) is 0 Å². The molecule has 0 radical (unpaired) electrons. The molecule has 1 aliphatic carbocycles. The number of amides is 5. The van der Waals surface area contributed by atoms with Crippen molar-refractivity contribution in [2.24, 2.45) is 0 Å². The molecule has 1 saturated carbocycles. The number of hydrogen-bond donors (Lipinski definition) is 3. The highest BCUT2D eigenvalue weighted by Crippen LogP contribution is 2.29. The van der Waals surface area contributed by atoms with Crippen LogP contribution in [-0.4, -0.2) is 54.9 Å². The minimum atomic E-state index is -1.26. The standard InChI is InChI=1S/C21H28N4O5/c1-21(14-7-9-16(30-2)10-8-14)19(28)25(20(29)24-21)13-18(27)22-12-11-17(26)23-15-5-3-4-6-15/h7-10,15H,3-6,11-13H2,1-2H3,(H,22,27)(H,23,26)(H,24,29). The number of imide groups is 1. The average molecular weight is 416 g/mol. The summed E-state index contributed by atoms with van der Waals surface area (Å²) in [6, 6.07) is 6.40. The molecule has 5 amide bonds. The van der Waals surface area contributed by atoms with Crippen LogP contribution in [-0.2, 0) is 19.9 Å². The Bertz CT molecular complexity index is 819. The maximum absolute atomic E-state index is 12.9. The topological polar surface area (TPSA) is 117 Å². The van der Waals surface area contributed by atoms with E-state index in [9.17, 15) is 19.2 Å². The van der Waals surface area contributed by atoms with Crippen LogP contribution < -0.4 is 20.7 Å². The van der Waals surface area contributed by atoms with Crippen molar-refractivity contribution >= 4 is 23.8 Å². The normalized spacial score (nSPS) is 21.5. The van der Waals surface area contributed by atoms with Gasteiger partial charge in [0.05, 0.1) is 7.11 Å². The molecule has 9 nitrogen and oxygen atoms in total. The van der Waals surface area contributed by atoms with Gasteiger partial charge in [-0.1, -0.05) is 25.0 Å². The van der Waals surface area contributed by atoms with E-state index < -0.39 is 29.9 Å². The third-order valence-electron chi connectivity index (χ3n) is 5.64. The van der Waals surface area contributed by atoms with E-state index in [1.165, 1.54) is 7.11 Å². The maximum atomic E-state index is 12.9. The SMILES string of the molecule is COc1ccc(C2(C)NC(=O)N(CC(=O)NCCC(=O)NC3CCCC3)C2=O)cc1. The summed E-state index contributed by atoms with van der Waals surface area (Å²) in [6.07, 6.45) is 4.41. The zero-order valence-electron chi connectivity index (χ0n) is 17.3. The fourth-order valence-corrected chi connectivity index (χ4v) is 3.85. The Morgan fingerprint density at radius 2 is 1.83 bits per heavy atom. The third-order valence-corrected chi connectivity index (χ3v) is 5.64. The molecular formula is C21H28N4O5. The number of nitrogens with zero attached hydrogens (tertiary/aromatic N) is 1. The molecule has 1 aromatic carbocycles. The summed E-state index contributed by atoms with van der Waals surface area (Å²) in [4.78, 5) is 50.2. The van der Waals surface area contributed by atoms with E-state index in [4.69, 9.17) is 4.74 Å². The number of rotatable bonds is 8. The van der Waals surface area contributed by atoms with Gasteiger partial charge in [0.2, 0.25) is 11.8 Å². The third kappa shape index (κ3) is 4.72. The fraction of sp³-hybridized carbons (Fsp3) is 0.524. The number of ether oxygens (including phenoxy) is 1. The zero-order chi connectivity index (χ0) is 21.7. The summed E-state index contributed by atoms with van der Waals surface area (Å²) in [7, 11) is 1.54. The summed E-state index contributed by atoms with van der Waals surface area (Å²) in [6.45, 7) is 1.34. The molecule has 1 heterocycles. The highest BCUT2D eigenvalue weighted by Gasteiger charge is 2.49. The lowest BCUT2D eigenvalue weighted by molar-refractivity contribution is -0.135. The molecule has 9 heteroatoms. The van der Waals surface area contributed by atoms with Gasteiger partial charge < -0.3 is 20.7 Å². The predicted octanol–water partition coefficient (Wildman–Crippen LogP) is 1.03. The van der Waals surface area contributed by atoms with E-state index >= 15 is 0 Å². The molecule has 1 aromatic rings. The van der Waals surface area contributed by atoms with Gasteiger partial charge in [0.1, 0.15) is 17.8 Å². The van der Waals surface area contributed by atoms with Crippen LogP contribution in [0.15, 0.2) is 24.3 Å². The number of nitrogens with one attached hydrogen (secondary N) is 3. The van der Waals surface area contributed by atoms with Crippen molar-refractivity contribution in [3.8, 4) is 5.75 Å². The van der Waals surface area contributed by atoms with E-state index in [1.54, 1.807) is 31.2 Å². The number of hydrogen-bond acceptors (Lipinski definition) is 5. The van der Waals surface area contributed by atoms with E-state index in [2.05, 4.69) is 16.0 Å². The summed E-state index contributed by atoms with van der Waals surface area (Å²) in [5, 5.41) is 8.20. The Labute approximate surface area is 175 Å². The Morgan fingerprint density at radius 3 is 2.47 bits per heavy atom. The van der Waals surface area contributed by atoms with Gasteiger partial charge in [0, 0.05) is 19.0 Å². The lowest BCUT2D eigenvalue weighted by Crippen LogP contribution is -2.44. The molecule has 1 atom stereocenters. The minimum absolute atomic E-state index is 0.107. The van der Waals surface area contributed by atoms with Crippen molar-refractivity contribution in [2.45, 2.75) is 50.6 Å². The van der Waals surface area contributed by atoms with Crippen LogP contribution in [0, 0.1) is 0 Å². The number of benzene rings is 1. The second kappa shape index (κ2) is 9.15. The van der Waals surface area contributed by atoms with Gasteiger partial charge >= 0.3 is 6.03 Å². The van der Waals surface area contributed by atoms with Crippen molar-refractivity contribution in [3.63, 3.8) is 0 Å². The van der Waals surface area contributed by atoms with Gasteiger partial charge in [0.25, 0.3) is 5.91 Å². The van der Waals surface area contributed by atoms with Crippen molar-refractivity contribution < 1.29 is 23.9 Å². The van der Waals surface area contributed by atoms with Crippen LogP contribution in [0.1, 0.15) is 44.6 Å². The van der Waals surface area contributed by atoms with E-state index in [1.807, 2.05) is 0 Å². The summed E-state index contributed by atoms with van der Waals surface area (Å²) >= 11 is 0. The van der Waals surface area contributed by atoms with E-state index in [-0.39, 0.29) is 24.9 Å². The van der Waals surface area contributed by atoms with Gasteiger partial charge in [-0.2, -0.15) is 0 Å². The maximum Gasteiger partial charge on any atom is 0.325 e. The zero-order valence-corrected chi connectivity index (χ0v) is 17.3. The van der Waals surface area contributed by atoms with Gasteiger partial charge in [-0.15, -0.1) is 0 Å². The van der Waals surface area contributed by atoms with Crippen molar-refractivity contribution in [1.82, 2.24) is 20.9 Å². The van der Waals surface area contributed by atoms with Crippen molar-refractivity contribution in [3.05, 3.63) is 29.8 Å². The smallest absolute Gasteiger partial charge is 0.325 e. The molecule has 2 aliphatic rings. The van der Waals surface area contributed by atoms with E-state index in [0.717, 1.165) is 30.6 Å². The van der Waals surface area contributed by atoms with Crippen LogP contribution in [0.5, 0.6) is 5.75 Å². The second-order valence-corrected chi connectivity index (χ2v) is 7.82. The molecule has 3 N–H and O–H groups in total. The Hall–Kier alpha value is -3.10. The largest absolute Gasteiger partial charge is 0.497 e. The first-order valence-corrected chi connectivity index (χ1v) is 10.2. The molecule has 3 rings (SSSR count). The molecule has 30 heavy (non-hydrogen) atoms. The first-order valence-electron chi connectivity index (χ1n) is 10.2. The fourth-order valence-electron chi connectivity index (χ4n) is 3.85. The summed E-state index contributed by atoms with van der Waals surface area (Å²) < 4.78 is 5.11. The molecular weight excluding hydrogens is 388 g/mol. The summed E-state index contributed by atoms with van der Waals surface area (Å²) in [5.74, 6) is -0.477. The number of methoxy groups -OCH3 is 1. The van der Waals surface area contributed by atoms with Gasteiger partial charge in [-0.25, -0.2) is 4.79 Å². The van der Waals surface area contributed by atoms with Crippen LogP contribution in [0.25, 0.3) is 0 Å². The van der Waals surface area contributed by atoms with Gasteiger partial charge in [-0.05, 0) is 37.5 Å². The minimum Gasteiger partial charge on any atom is -0.497 e. The average Bonchev–Trinajstić information content (AvgIpc) is 3.31. The lowest BCUT2D eigenvalue weighted by Gasteiger charge is -2.22. The Kier molecular flexibility index (Phi) is 6.59. The monoisotopic (exact) mass is 416 g/mol. The van der Waals surface area contributed by atoms with Crippen molar-refractivity contribution in [1.29, 1.82) is 0 Å². The second-order valence-electron chi connectivity index (χ2n) is 7.82. The molecule has 0 aromatic heterocycles. The molecule has 2 fully saturated rings. The highest BCUT2D eigenvalue weighted by molar-refractivity contribution is 6.09. The molecule has 0 bridgehead atoms. The molecule has 0 spiro atoms. The van der Waals surface area contributed by atoms with E-state index in [0.29, 0.717) is 11.3 Å². The number of urea groups is 1. The summed E-state index contributed by atoms with van der Waals surface area (Å²) in [5.41, 5.74) is -0.668. The predicted molar refractivity (Wildman–Crippen MR) is 109 cm³/mol. The van der Waals surface area contributed by atoms with Crippen LogP contribution in [0.3, 0.4) is 0 Å². The Balaban J connectivity index is 1.50. The number of carbonyl (C=O) groups is 4. The molecule has 1 saturated heterocycles. The molecule has 162 valence electrons. The first-order chi connectivity index (χ1) is 14.3. The quantitative estimate of drug-likeness (QED) is 0.547. The van der Waals surface area contributed by atoms with Crippen LogP contribution >= 0.6 is 0 Å². The first kappa shape index (κ1) is 21.6. The highest BCUT2D eigenvalue weighted by atomic mass is 16.5. The number of carbonyl (C=O) groups excluding carboxylic acids is 4. The van der Waals surface area contributed by atoms with Crippen LogP contribution in [0.4, 0.5) is 4.79 Å². The Morgan fingerprint density at radius 1 is 1.17 bits per heavy atom. The lowest BCUT2D eigenvalue weighted by atomic mass is 9.92. The van der Waals surface area contributed by atoms with Crippen LogP contribution in [0.2, 0.25) is 0 Å². The molecule has 1 unspecified atom stereocenters. The van der Waals surface area contributed by atoms with Gasteiger partial charge in [-0.3, -0.25) is 19.3 Å².